The van der Waals surface area contributed by atoms with Crippen molar-refractivity contribution in [3.63, 3.8) is 0 Å². The minimum Gasteiger partial charge on any atom is -0.377 e. The van der Waals surface area contributed by atoms with Gasteiger partial charge in [-0.05, 0) is 12.0 Å². The summed E-state index contributed by atoms with van der Waals surface area (Å²) in [5.41, 5.74) is 1.25. The molecule has 2 heteroatoms. The molecule has 0 aliphatic rings. The standard InChI is InChI=1S/C10H14O.FH/c1-2-8-11-9-10-6-4-3-5-7-10;/h3-7H,2,8-9H2,1H3;1H. The minimum atomic E-state index is 0. The third-order valence-corrected chi connectivity index (χ3v) is 1.46. The first-order valence-electron chi connectivity index (χ1n) is 4.05. The molecule has 0 N–H and O–H groups in total. The molecule has 1 aromatic carbocycles. The van der Waals surface area contributed by atoms with Crippen molar-refractivity contribution in [2.75, 3.05) is 6.61 Å². The Morgan fingerprint density at radius 2 is 1.83 bits per heavy atom. The zero-order chi connectivity index (χ0) is 7.94. The van der Waals surface area contributed by atoms with Crippen LogP contribution >= 0.6 is 0 Å². The lowest BCUT2D eigenvalue weighted by molar-refractivity contribution is 0.121. The fourth-order valence-electron chi connectivity index (χ4n) is 0.909. The van der Waals surface area contributed by atoms with E-state index in [0.717, 1.165) is 19.6 Å². The van der Waals surface area contributed by atoms with E-state index in [4.69, 9.17) is 4.74 Å². The van der Waals surface area contributed by atoms with Gasteiger partial charge in [0.05, 0.1) is 6.61 Å². The van der Waals surface area contributed by atoms with Gasteiger partial charge in [0, 0.05) is 6.61 Å². The highest BCUT2D eigenvalue weighted by Gasteiger charge is 1.88. The van der Waals surface area contributed by atoms with Gasteiger partial charge in [0.15, 0.2) is 0 Å². The Morgan fingerprint density at radius 3 is 2.42 bits per heavy atom. The Labute approximate surface area is 72.7 Å². The Kier molecular flexibility index (Phi) is 6.29. The van der Waals surface area contributed by atoms with E-state index in [1.807, 2.05) is 18.2 Å². The number of hydrogen-bond donors (Lipinski definition) is 0. The summed E-state index contributed by atoms with van der Waals surface area (Å²) in [6.45, 7) is 3.72. The van der Waals surface area contributed by atoms with Crippen LogP contribution in [-0.2, 0) is 11.3 Å². The average molecular weight is 170 g/mol. The van der Waals surface area contributed by atoms with Crippen LogP contribution in [0.5, 0.6) is 0 Å². The largest absolute Gasteiger partial charge is 0.377 e. The van der Waals surface area contributed by atoms with E-state index < -0.39 is 0 Å². The second-order valence-corrected chi connectivity index (χ2v) is 2.54. The molecule has 0 unspecified atom stereocenters. The van der Waals surface area contributed by atoms with Gasteiger partial charge >= 0.3 is 0 Å². The second kappa shape index (κ2) is 6.80. The van der Waals surface area contributed by atoms with E-state index in [0.29, 0.717) is 0 Å². The van der Waals surface area contributed by atoms with Crippen molar-refractivity contribution < 1.29 is 9.44 Å². The van der Waals surface area contributed by atoms with E-state index in [1.165, 1.54) is 5.56 Å². The highest BCUT2D eigenvalue weighted by atomic mass is 19.0. The average Bonchev–Trinajstić information content (AvgIpc) is 2.07. The molecule has 0 saturated carbocycles. The maximum Gasteiger partial charge on any atom is 0.0716 e. The van der Waals surface area contributed by atoms with Crippen LogP contribution in [0.4, 0.5) is 4.70 Å². The van der Waals surface area contributed by atoms with Crippen LogP contribution in [0.1, 0.15) is 18.9 Å². The first kappa shape index (κ1) is 11.1. The van der Waals surface area contributed by atoms with Crippen molar-refractivity contribution in [1.29, 1.82) is 0 Å². The molecule has 0 aromatic heterocycles. The summed E-state index contributed by atoms with van der Waals surface area (Å²) in [7, 11) is 0. The van der Waals surface area contributed by atoms with Crippen LogP contribution in [0, 0.1) is 0 Å². The summed E-state index contributed by atoms with van der Waals surface area (Å²) in [5.74, 6) is 0. The molecule has 68 valence electrons. The maximum absolute atomic E-state index is 5.37. The van der Waals surface area contributed by atoms with Crippen LogP contribution in [0.25, 0.3) is 0 Å². The first-order chi connectivity index (χ1) is 5.43. The fraction of sp³-hybridized carbons (Fsp3) is 0.400. The summed E-state index contributed by atoms with van der Waals surface area (Å²) >= 11 is 0. The van der Waals surface area contributed by atoms with E-state index in [9.17, 15) is 0 Å². The van der Waals surface area contributed by atoms with Gasteiger partial charge in [-0.2, -0.15) is 0 Å². The molecule has 0 spiro atoms. The summed E-state index contributed by atoms with van der Waals surface area (Å²) in [5, 5.41) is 0. The normalized spacial score (nSPS) is 9.08. The SMILES string of the molecule is CCCOCc1ccccc1.F. The van der Waals surface area contributed by atoms with Gasteiger partial charge in [-0.1, -0.05) is 37.3 Å². The Bertz CT molecular complexity index is 186. The molecular weight excluding hydrogens is 155 g/mol. The van der Waals surface area contributed by atoms with Crippen molar-refractivity contribution >= 4 is 0 Å². The van der Waals surface area contributed by atoms with Crippen molar-refractivity contribution in [1.82, 2.24) is 0 Å². The topological polar surface area (TPSA) is 9.23 Å². The molecule has 12 heavy (non-hydrogen) atoms. The molecule has 0 fully saturated rings. The number of hydrogen-bond acceptors (Lipinski definition) is 1. The smallest absolute Gasteiger partial charge is 0.0716 e. The highest BCUT2D eigenvalue weighted by Crippen LogP contribution is 2.00. The molecule has 0 saturated heterocycles. The monoisotopic (exact) mass is 170 g/mol. The zero-order valence-electron chi connectivity index (χ0n) is 7.32. The van der Waals surface area contributed by atoms with E-state index in [1.54, 1.807) is 0 Å². The molecule has 0 aliphatic carbocycles. The van der Waals surface area contributed by atoms with Gasteiger partial charge in [0.1, 0.15) is 0 Å². The molecule has 0 heterocycles. The lowest BCUT2D eigenvalue weighted by Crippen LogP contribution is -1.92. The third kappa shape index (κ3) is 4.09. The van der Waals surface area contributed by atoms with Crippen molar-refractivity contribution in [3.05, 3.63) is 35.9 Å². The third-order valence-electron chi connectivity index (χ3n) is 1.46. The number of ether oxygens (including phenoxy) is 1. The Balaban J connectivity index is 0.00000121. The second-order valence-electron chi connectivity index (χ2n) is 2.54. The number of halogens is 1. The van der Waals surface area contributed by atoms with Crippen molar-refractivity contribution in [3.8, 4) is 0 Å². The van der Waals surface area contributed by atoms with Crippen LogP contribution in [0.2, 0.25) is 0 Å². The van der Waals surface area contributed by atoms with Crippen molar-refractivity contribution in [2.45, 2.75) is 20.0 Å². The lowest BCUT2D eigenvalue weighted by atomic mass is 10.2. The predicted octanol–water partition coefficient (Wildman–Crippen LogP) is 2.77. The zero-order valence-corrected chi connectivity index (χ0v) is 7.32. The van der Waals surface area contributed by atoms with E-state index in [2.05, 4.69) is 19.1 Å². The Morgan fingerprint density at radius 1 is 1.17 bits per heavy atom. The molecule has 0 aliphatic heterocycles. The summed E-state index contributed by atoms with van der Waals surface area (Å²) in [4.78, 5) is 0. The van der Waals surface area contributed by atoms with Crippen LogP contribution in [0.3, 0.4) is 0 Å². The van der Waals surface area contributed by atoms with Crippen LogP contribution in [-0.4, -0.2) is 6.61 Å². The predicted molar refractivity (Wildman–Crippen MR) is 48.9 cm³/mol. The lowest BCUT2D eigenvalue weighted by Gasteiger charge is -2.00. The molecule has 0 bridgehead atoms. The first-order valence-corrected chi connectivity index (χ1v) is 4.05. The molecule has 1 nitrogen and oxygen atoms in total. The number of benzene rings is 1. The maximum atomic E-state index is 5.37. The quantitative estimate of drug-likeness (QED) is 0.631. The van der Waals surface area contributed by atoms with Gasteiger partial charge in [-0.15, -0.1) is 0 Å². The molecule has 0 atom stereocenters. The van der Waals surface area contributed by atoms with Gasteiger partial charge in [-0.3, -0.25) is 4.70 Å². The van der Waals surface area contributed by atoms with Gasteiger partial charge in [-0.25, -0.2) is 0 Å². The van der Waals surface area contributed by atoms with E-state index >= 15 is 0 Å². The summed E-state index contributed by atoms with van der Waals surface area (Å²) < 4.78 is 5.37. The Hall–Kier alpha value is -0.890. The molecular formula is C10H15FO. The summed E-state index contributed by atoms with van der Waals surface area (Å²) in [6.07, 6.45) is 1.09. The summed E-state index contributed by atoms with van der Waals surface area (Å²) in [6, 6.07) is 10.2. The fourth-order valence-corrected chi connectivity index (χ4v) is 0.909. The van der Waals surface area contributed by atoms with Gasteiger partial charge in [0.2, 0.25) is 0 Å². The van der Waals surface area contributed by atoms with Crippen molar-refractivity contribution in [2.24, 2.45) is 0 Å². The van der Waals surface area contributed by atoms with E-state index in [-0.39, 0.29) is 4.70 Å². The minimum absolute atomic E-state index is 0. The van der Waals surface area contributed by atoms with Crippen LogP contribution in [0.15, 0.2) is 30.3 Å². The molecule has 0 amide bonds. The number of rotatable bonds is 4. The highest BCUT2D eigenvalue weighted by molar-refractivity contribution is 5.13. The molecule has 0 radical (unpaired) electrons. The molecule has 1 aromatic rings. The molecule has 1 rings (SSSR count). The van der Waals surface area contributed by atoms with Gasteiger partial charge in [0.25, 0.3) is 0 Å². The van der Waals surface area contributed by atoms with Gasteiger partial charge < -0.3 is 4.74 Å². The van der Waals surface area contributed by atoms with Crippen LogP contribution < -0.4 is 0 Å².